The average Bonchev–Trinajstić information content (AvgIpc) is 2.56. The van der Waals surface area contributed by atoms with Gasteiger partial charge in [0.15, 0.2) is 0 Å². The van der Waals surface area contributed by atoms with Gasteiger partial charge in [0.05, 0.1) is 12.6 Å². The Labute approximate surface area is 94.1 Å². The highest BCUT2D eigenvalue weighted by Gasteiger charge is 2.40. The molecular weight excluding hydrogens is 229 g/mol. The van der Waals surface area contributed by atoms with E-state index in [1.54, 1.807) is 0 Å². The van der Waals surface area contributed by atoms with E-state index < -0.39 is 6.72 Å². The molecule has 1 aliphatic heterocycles. The van der Waals surface area contributed by atoms with Gasteiger partial charge in [0.2, 0.25) is 0 Å². The van der Waals surface area contributed by atoms with E-state index in [2.05, 4.69) is 0 Å². The van der Waals surface area contributed by atoms with E-state index in [1.807, 2.05) is 48.2 Å². The molecule has 15 heavy (non-hydrogen) atoms. The van der Waals surface area contributed by atoms with Gasteiger partial charge in [-0.15, -0.1) is 0 Å². The Morgan fingerprint density at radius 1 is 1.47 bits per heavy atom. The molecule has 0 saturated carbocycles. The Morgan fingerprint density at radius 2 is 2.13 bits per heavy atom. The summed E-state index contributed by atoms with van der Waals surface area (Å²) in [5, 5.41) is 0. The van der Waals surface area contributed by atoms with Crippen LogP contribution in [-0.4, -0.2) is 18.9 Å². The summed E-state index contributed by atoms with van der Waals surface area (Å²) >= 11 is 1.30. The first kappa shape index (κ1) is 11.1. The van der Waals surface area contributed by atoms with Crippen LogP contribution in [0.2, 0.25) is 0 Å². The lowest BCUT2D eigenvalue weighted by atomic mass is 10.3. The van der Waals surface area contributed by atoms with Gasteiger partial charge in [-0.2, -0.15) is 0 Å². The Kier molecular flexibility index (Phi) is 3.10. The van der Waals surface area contributed by atoms with Crippen molar-refractivity contribution < 1.29 is 9.09 Å². The third kappa shape index (κ3) is 2.07. The highest BCUT2D eigenvalue weighted by molar-refractivity contribution is 8.56. The van der Waals surface area contributed by atoms with Crippen molar-refractivity contribution in [2.45, 2.75) is 13.0 Å². The topological polar surface area (TPSA) is 29.5 Å². The zero-order chi connectivity index (χ0) is 10.9. The molecule has 3 nitrogen and oxygen atoms in total. The largest absolute Gasteiger partial charge is 0.353 e. The maximum Gasteiger partial charge on any atom is 0.353 e. The quantitative estimate of drug-likeness (QED) is 0.745. The Morgan fingerprint density at radius 3 is 2.73 bits per heavy atom. The molecule has 0 aromatic heterocycles. The third-order valence-electron chi connectivity index (χ3n) is 2.32. The van der Waals surface area contributed by atoms with Crippen molar-refractivity contribution in [1.29, 1.82) is 0 Å². The molecule has 0 N–H and O–H groups in total. The summed E-state index contributed by atoms with van der Waals surface area (Å²) in [7, 11) is 0. The average molecular weight is 243 g/mol. The molecule has 1 heterocycles. The standard InChI is InChI=1S/C10H14NO2PS/c1-9-8-11(14(12,13-9)15-2)10-6-4-3-5-7-10/h3-7,9H,8H2,1-2H3/t9-,14+/m1/s1. The molecule has 82 valence electrons. The van der Waals surface area contributed by atoms with Crippen molar-refractivity contribution in [2.24, 2.45) is 0 Å². The number of anilines is 1. The molecule has 1 aliphatic rings. The number of para-hydroxylation sites is 1. The fraction of sp³-hybridized carbons (Fsp3) is 0.400. The molecule has 2 atom stereocenters. The molecule has 0 unspecified atom stereocenters. The maximum atomic E-state index is 12.4. The van der Waals surface area contributed by atoms with E-state index in [4.69, 9.17) is 4.52 Å². The molecule has 1 aromatic carbocycles. The van der Waals surface area contributed by atoms with Gasteiger partial charge in [-0.3, -0.25) is 9.24 Å². The van der Waals surface area contributed by atoms with E-state index in [-0.39, 0.29) is 6.10 Å². The minimum Gasteiger partial charge on any atom is -0.301 e. The number of nitrogens with zero attached hydrogens (tertiary/aromatic N) is 1. The van der Waals surface area contributed by atoms with Crippen LogP contribution in [0.15, 0.2) is 30.3 Å². The minimum atomic E-state index is -2.69. The van der Waals surface area contributed by atoms with Crippen LogP contribution in [0.4, 0.5) is 5.69 Å². The van der Waals surface area contributed by atoms with E-state index in [9.17, 15) is 4.57 Å². The summed E-state index contributed by atoms with van der Waals surface area (Å²) < 4.78 is 19.8. The molecule has 0 amide bonds. The van der Waals surface area contributed by atoms with Gasteiger partial charge >= 0.3 is 6.72 Å². The van der Waals surface area contributed by atoms with Crippen molar-refractivity contribution in [1.82, 2.24) is 0 Å². The molecule has 0 radical (unpaired) electrons. The number of rotatable bonds is 2. The molecule has 5 heteroatoms. The van der Waals surface area contributed by atoms with Gasteiger partial charge in [-0.05, 0) is 25.3 Å². The number of hydrogen-bond donors (Lipinski definition) is 0. The SMILES string of the molecule is CS[P@@]1(=O)O[C@H](C)CN1c1ccccc1. The predicted molar refractivity (Wildman–Crippen MR) is 65.5 cm³/mol. The van der Waals surface area contributed by atoms with E-state index in [1.165, 1.54) is 11.4 Å². The molecule has 2 rings (SSSR count). The van der Waals surface area contributed by atoms with E-state index in [0.29, 0.717) is 6.54 Å². The second-order valence-corrected chi connectivity index (χ2v) is 7.96. The van der Waals surface area contributed by atoms with E-state index in [0.717, 1.165) is 5.69 Å². The van der Waals surface area contributed by atoms with Crippen LogP contribution in [0.5, 0.6) is 0 Å². The highest BCUT2D eigenvalue weighted by Crippen LogP contribution is 2.66. The zero-order valence-electron chi connectivity index (χ0n) is 8.79. The predicted octanol–water partition coefficient (Wildman–Crippen LogP) is 3.38. The summed E-state index contributed by atoms with van der Waals surface area (Å²) in [5.41, 5.74) is 0.972. The first-order valence-electron chi connectivity index (χ1n) is 4.83. The summed E-state index contributed by atoms with van der Waals surface area (Å²) in [6.07, 6.45) is 1.86. The number of benzene rings is 1. The molecule has 1 saturated heterocycles. The first-order chi connectivity index (χ1) is 7.15. The summed E-state index contributed by atoms with van der Waals surface area (Å²) in [6.45, 7) is -0.0423. The van der Waals surface area contributed by atoms with Gasteiger partial charge < -0.3 is 4.52 Å². The zero-order valence-corrected chi connectivity index (χ0v) is 10.5. The Hall–Kier alpha value is -0.440. The fourth-order valence-corrected chi connectivity index (χ4v) is 5.19. The van der Waals surface area contributed by atoms with Crippen molar-refractivity contribution in [3.05, 3.63) is 30.3 Å². The third-order valence-corrected chi connectivity index (χ3v) is 6.63. The van der Waals surface area contributed by atoms with Gasteiger partial charge in [0.1, 0.15) is 0 Å². The van der Waals surface area contributed by atoms with Crippen LogP contribution in [0, 0.1) is 0 Å². The smallest absolute Gasteiger partial charge is 0.301 e. The summed E-state index contributed by atoms with van der Waals surface area (Å²) in [6, 6.07) is 9.77. The van der Waals surface area contributed by atoms with Crippen LogP contribution >= 0.6 is 18.1 Å². The Bertz CT molecular complexity index is 384. The lowest BCUT2D eigenvalue weighted by molar-refractivity contribution is 0.273. The molecule has 0 aliphatic carbocycles. The number of hydrogen-bond acceptors (Lipinski definition) is 3. The van der Waals surface area contributed by atoms with Crippen molar-refractivity contribution >= 4 is 23.8 Å². The van der Waals surface area contributed by atoms with Gasteiger partial charge in [-0.25, -0.2) is 0 Å². The Balaban J connectivity index is 2.33. The lowest BCUT2D eigenvalue weighted by Gasteiger charge is -2.22. The van der Waals surface area contributed by atoms with Crippen LogP contribution in [0.1, 0.15) is 6.92 Å². The summed E-state index contributed by atoms with van der Waals surface area (Å²) in [4.78, 5) is 0. The van der Waals surface area contributed by atoms with E-state index >= 15 is 0 Å². The molecule has 0 spiro atoms. The molecule has 1 fully saturated rings. The second kappa shape index (κ2) is 4.20. The summed E-state index contributed by atoms with van der Waals surface area (Å²) in [5.74, 6) is 0. The van der Waals surface area contributed by atoms with Gasteiger partial charge in [-0.1, -0.05) is 29.6 Å². The highest BCUT2D eigenvalue weighted by atomic mass is 32.7. The van der Waals surface area contributed by atoms with Crippen molar-refractivity contribution in [3.63, 3.8) is 0 Å². The molecular formula is C10H14NO2PS. The van der Waals surface area contributed by atoms with Crippen LogP contribution < -0.4 is 4.67 Å². The van der Waals surface area contributed by atoms with Gasteiger partial charge in [0.25, 0.3) is 0 Å². The van der Waals surface area contributed by atoms with Crippen molar-refractivity contribution in [3.8, 4) is 0 Å². The van der Waals surface area contributed by atoms with Crippen LogP contribution in [0.3, 0.4) is 0 Å². The van der Waals surface area contributed by atoms with Crippen LogP contribution in [0.25, 0.3) is 0 Å². The molecule has 0 bridgehead atoms. The lowest BCUT2D eigenvalue weighted by Crippen LogP contribution is -2.16. The first-order valence-corrected chi connectivity index (χ1v) is 8.24. The fourth-order valence-electron chi connectivity index (χ4n) is 1.65. The van der Waals surface area contributed by atoms with Crippen molar-refractivity contribution in [2.75, 3.05) is 17.5 Å². The van der Waals surface area contributed by atoms with Crippen LogP contribution in [-0.2, 0) is 9.09 Å². The molecule has 1 aromatic rings. The minimum absolute atomic E-state index is 0.0310. The monoisotopic (exact) mass is 243 g/mol. The second-order valence-electron chi connectivity index (χ2n) is 3.48. The maximum absolute atomic E-state index is 12.4. The normalized spacial score (nSPS) is 30.8. The van der Waals surface area contributed by atoms with Gasteiger partial charge in [0, 0.05) is 5.69 Å².